The number of nitrogens with one attached hydrogen (secondary N) is 1. The lowest BCUT2D eigenvalue weighted by Crippen LogP contribution is -2.31. The number of amides is 1. The van der Waals surface area contributed by atoms with Crippen LogP contribution in [-0.4, -0.2) is 19.0 Å². The van der Waals surface area contributed by atoms with Crippen molar-refractivity contribution < 1.29 is 4.79 Å². The fourth-order valence-electron chi connectivity index (χ4n) is 0.823. The maximum atomic E-state index is 10.7. The van der Waals surface area contributed by atoms with Crippen molar-refractivity contribution in [1.29, 1.82) is 0 Å². The Hall–Kier alpha value is -1.35. The molecule has 0 spiro atoms. The van der Waals surface area contributed by atoms with Gasteiger partial charge in [-0.15, -0.1) is 0 Å². The van der Waals surface area contributed by atoms with E-state index in [0.29, 0.717) is 6.54 Å². The number of hydrogen-bond acceptors (Lipinski definition) is 2. The lowest BCUT2D eigenvalue weighted by Gasteiger charge is -2.03. The molecular weight excluding hydrogens is 164 g/mol. The molecule has 0 aromatic rings. The molecule has 3 heteroatoms. The van der Waals surface area contributed by atoms with Crippen LogP contribution in [0, 0.1) is 0 Å². The molecule has 0 atom stereocenters. The van der Waals surface area contributed by atoms with Crippen molar-refractivity contribution in [2.75, 3.05) is 13.1 Å². The first-order valence-electron chi connectivity index (χ1n) is 4.15. The fourth-order valence-corrected chi connectivity index (χ4v) is 0.823. The summed E-state index contributed by atoms with van der Waals surface area (Å²) in [5.41, 5.74) is 6.17. The minimum atomic E-state index is -0.137. The summed E-state index contributed by atoms with van der Waals surface area (Å²) in [6, 6.07) is 0. The zero-order valence-corrected chi connectivity index (χ0v) is 7.75. The molecular formula is C10H16N2O. The van der Waals surface area contributed by atoms with Gasteiger partial charge in [-0.1, -0.05) is 31.4 Å². The Bertz CT molecular complexity index is 219. The van der Waals surface area contributed by atoms with Crippen molar-refractivity contribution in [1.82, 2.24) is 5.32 Å². The Morgan fingerprint density at radius 3 is 2.62 bits per heavy atom. The van der Waals surface area contributed by atoms with Gasteiger partial charge in [0.15, 0.2) is 0 Å². The summed E-state index contributed by atoms with van der Waals surface area (Å²) in [6.45, 7) is 7.84. The van der Waals surface area contributed by atoms with Gasteiger partial charge in [0.1, 0.15) is 0 Å². The summed E-state index contributed by atoms with van der Waals surface area (Å²) in [5, 5.41) is 2.67. The summed E-state index contributed by atoms with van der Waals surface area (Å²) < 4.78 is 0. The zero-order valence-electron chi connectivity index (χ0n) is 7.75. The van der Waals surface area contributed by atoms with Crippen molar-refractivity contribution >= 4 is 5.91 Å². The van der Waals surface area contributed by atoms with Gasteiger partial charge in [-0.3, -0.25) is 4.79 Å². The molecule has 0 unspecified atom stereocenters. The number of nitrogens with two attached hydrogens (primary N) is 1. The molecule has 0 heterocycles. The normalized spacial score (nSPS) is 10.7. The molecule has 0 aromatic carbocycles. The summed E-state index contributed by atoms with van der Waals surface area (Å²) >= 11 is 0. The van der Waals surface area contributed by atoms with E-state index in [1.807, 2.05) is 6.08 Å². The molecule has 3 N–H and O–H groups in total. The predicted octanol–water partition coefficient (Wildman–Crippen LogP) is 0.750. The summed E-state index contributed by atoms with van der Waals surface area (Å²) in [4.78, 5) is 10.7. The van der Waals surface area contributed by atoms with Crippen LogP contribution in [-0.2, 0) is 4.79 Å². The van der Waals surface area contributed by atoms with Crippen molar-refractivity contribution in [3.63, 3.8) is 0 Å². The van der Waals surface area contributed by atoms with Crippen molar-refractivity contribution in [2.24, 2.45) is 5.73 Å². The Balaban J connectivity index is 3.73. The molecule has 0 saturated heterocycles. The fraction of sp³-hybridized carbons (Fsp3) is 0.300. The summed E-state index contributed by atoms with van der Waals surface area (Å²) in [6.07, 6.45) is 6.06. The largest absolute Gasteiger partial charge is 0.355 e. The number of carbonyl (C=O) groups is 1. The topological polar surface area (TPSA) is 55.1 Å². The van der Waals surface area contributed by atoms with Gasteiger partial charge >= 0.3 is 0 Å². The second kappa shape index (κ2) is 7.31. The van der Waals surface area contributed by atoms with E-state index in [0.717, 1.165) is 12.0 Å². The monoisotopic (exact) mass is 180 g/mol. The molecule has 13 heavy (non-hydrogen) atoms. The van der Waals surface area contributed by atoms with Crippen LogP contribution in [0.3, 0.4) is 0 Å². The highest BCUT2D eigenvalue weighted by Crippen LogP contribution is 2.00. The molecule has 1 amide bonds. The molecule has 0 radical (unpaired) electrons. The van der Waals surface area contributed by atoms with Crippen LogP contribution in [0.1, 0.15) is 6.42 Å². The molecule has 0 saturated carbocycles. The van der Waals surface area contributed by atoms with Crippen molar-refractivity contribution in [3.05, 3.63) is 37.0 Å². The van der Waals surface area contributed by atoms with E-state index in [1.54, 1.807) is 12.2 Å². The number of rotatable bonds is 6. The predicted molar refractivity (Wildman–Crippen MR) is 55.2 cm³/mol. The Morgan fingerprint density at radius 2 is 2.15 bits per heavy atom. The van der Waals surface area contributed by atoms with Crippen LogP contribution in [0.2, 0.25) is 0 Å². The van der Waals surface area contributed by atoms with Crippen LogP contribution in [0.15, 0.2) is 37.0 Å². The number of allylic oxidation sites excluding steroid dienone is 3. The van der Waals surface area contributed by atoms with Gasteiger partial charge in [-0.25, -0.2) is 0 Å². The smallest absolute Gasteiger partial charge is 0.233 e. The van der Waals surface area contributed by atoms with Gasteiger partial charge in [-0.05, 0) is 12.0 Å². The molecule has 0 aliphatic rings. The van der Waals surface area contributed by atoms with Gasteiger partial charge in [0.2, 0.25) is 5.91 Å². The zero-order chi connectivity index (χ0) is 10.1. The Morgan fingerprint density at radius 1 is 1.46 bits per heavy atom. The lowest BCUT2D eigenvalue weighted by atomic mass is 10.2. The van der Waals surface area contributed by atoms with Crippen LogP contribution in [0.4, 0.5) is 0 Å². The molecule has 0 fully saturated rings. The number of hydrogen-bond donors (Lipinski definition) is 2. The summed E-state index contributed by atoms with van der Waals surface area (Å²) in [5.74, 6) is -0.137. The second-order valence-electron chi connectivity index (χ2n) is 2.49. The quantitative estimate of drug-likeness (QED) is 0.593. The minimum Gasteiger partial charge on any atom is -0.355 e. The van der Waals surface area contributed by atoms with Gasteiger partial charge in [-0.2, -0.15) is 0 Å². The highest BCUT2D eigenvalue weighted by Gasteiger charge is 1.95. The average Bonchev–Trinajstić information content (AvgIpc) is 2.16. The molecule has 72 valence electrons. The van der Waals surface area contributed by atoms with E-state index in [1.165, 1.54) is 0 Å². The highest BCUT2D eigenvalue weighted by molar-refractivity contribution is 5.77. The van der Waals surface area contributed by atoms with Crippen LogP contribution >= 0.6 is 0 Å². The first-order chi connectivity index (χ1) is 6.24. The standard InChI is InChI=1S/C10H16N2O/c1-3-5-9(4-2)6-7-12-10(13)8-11/h3-5H,1-2,6-8,11H2,(H,12,13)/b9-5+. The van der Waals surface area contributed by atoms with E-state index in [2.05, 4.69) is 18.5 Å². The average molecular weight is 180 g/mol. The molecule has 0 bridgehead atoms. The van der Waals surface area contributed by atoms with Crippen molar-refractivity contribution in [2.45, 2.75) is 6.42 Å². The summed E-state index contributed by atoms with van der Waals surface area (Å²) in [7, 11) is 0. The van der Waals surface area contributed by atoms with Crippen LogP contribution in [0.25, 0.3) is 0 Å². The van der Waals surface area contributed by atoms with E-state index in [-0.39, 0.29) is 12.5 Å². The lowest BCUT2D eigenvalue weighted by molar-refractivity contribution is -0.119. The molecule has 0 rings (SSSR count). The molecule has 0 aliphatic carbocycles. The highest BCUT2D eigenvalue weighted by atomic mass is 16.1. The van der Waals surface area contributed by atoms with Gasteiger partial charge < -0.3 is 11.1 Å². The van der Waals surface area contributed by atoms with E-state index in [9.17, 15) is 4.79 Å². The Labute approximate surface area is 79.0 Å². The third-order valence-electron chi connectivity index (χ3n) is 1.52. The van der Waals surface area contributed by atoms with Gasteiger partial charge in [0, 0.05) is 6.54 Å². The Kier molecular flexibility index (Phi) is 6.55. The first-order valence-corrected chi connectivity index (χ1v) is 4.15. The van der Waals surface area contributed by atoms with Gasteiger partial charge in [0.05, 0.1) is 6.54 Å². The van der Waals surface area contributed by atoms with Crippen LogP contribution in [0.5, 0.6) is 0 Å². The molecule has 0 aromatic heterocycles. The third kappa shape index (κ3) is 5.87. The van der Waals surface area contributed by atoms with E-state index >= 15 is 0 Å². The van der Waals surface area contributed by atoms with Crippen molar-refractivity contribution in [3.8, 4) is 0 Å². The molecule has 0 aliphatic heterocycles. The van der Waals surface area contributed by atoms with E-state index in [4.69, 9.17) is 5.73 Å². The third-order valence-corrected chi connectivity index (χ3v) is 1.52. The number of carbonyl (C=O) groups excluding carboxylic acids is 1. The minimum absolute atomic E-state index is 0.0363. The molecule has 3 nitrogen and oxygen atoms in total. The maximum absolute atomic E-state index is 10.7. The van der Waals surface area contributed by atoms with Crippen LogP contribution < -0.4 is 11.1 Å². The maximum Gasteiger partial charge on any atom is 0.233 e. The SMILES string of the molecule is C=C/C=C(\C=C)CCNC(=O)CN. The first kappa shape index (κ1) is 11.6. The second-order valence-corrected chi connectivity index (χ2v) is 2.49. The van der Waals surface area contributed by atoms with E-state index < -0.39 is 0 Å². The van der Waals surface area contributed by atoms with Gasteiger partial charge in [0.25, 0.3) is 0 Å².